The Labute approximate surface area is 265 Å². The van der Waals surface area contributed by atoms with Crippen LogP contribution >= 0.6 is 0 Å². The number of nitrogens with zero attached hydrogens (tertiary/aromatic N) is 1. The Balaban J connectivity index is 2.27. The van der Waals surface area contributed by atoms with Crippen molar-refractivity contribution in [3.63, 3.8) is 0 Å². The second-order valence-corrected chi connectivity index (χ2v) is 12.4. The van der Waals surface area contributed by atoms with Crippen molar-refractivity contribution < 1.29 is 33.8 Å². The average molecular weight is 626 g/mol. The number of rotatable bonds is 16. The van der Waals surface area contributed by atoms with Gasteiger partial charge in [-0.25, -0.2) is 4.79 Å². The van der Waals surface area contributed by atoms with Gasteiger partial charge in [-0.2, -0.15) is 0 Å². The zero-order chi connectivity index (χ0) is 33.6. The first-order valence-corrected chi connectivity index (χ1v) is 15.0. The molecule has 6 N–H and O–H groups in total. The maximum atomic E-state index is 13.7. The summed E-state index contributed by atoms with van der Waals surface area (Å²) >= 11 is 0. The number of nitrogens with one attached hydrogen (secondary N) is 3. The first-order valence-electron chi connectivity index (χ1n) is 15.0. The summed E-state index contributed by atoms with van der Waals surface area (Å²) in [4.78, 5) is 65.5. The fourth-order valence-corrected chi connectivity index (χ4v) is 4.38. The summed E-state index contributed by atoms with van der Waals surface area (Å²) < 4.78 is 5.20. The summed E-state index contributed by atoms with van der Waals surface area (Å²) in [6.07, 6.45) is -2.66. The number of hydrogen-bond acceptors (Lipinski definition) is 7. The van der Waals surface area contributed by atoms with E-state index in [1.165, 1.54) is 4.90 Å². The minimum atomic E-state index is -1.76. The smallest absolute Gasteiger partial charge is 0.408 e. The monoisotopic (exact) mass is 625 g/mol. The third-order valence-corrected chi connectivity index (χ3v) is 6.62. The van der Waals surface area contributed by atoms with E-state index in [0.29, 0.717) is 17.5 Å². The molecule has 2 aromatic carbocycles. The highest BCUT2D eigenvalue weighted by Gasteiger charge is 2.35. The lowest BCUT2D eigenvalue weighted by Crippen LogP contribution is -2.58. The Morgan fingerprint density at radius 1 is 0.911 bits per heavy atom. The summed E-state index contributed by atoms with van der Waals surface area (Å²) in [6, 6.07) is 15.1. The molecule has 0 bridgehead atoms. The Morgan fingerprint density at radius 2 is 1.49 bits per heavy atom. The third kappa shape index (κ3) is 14.3. The molecule has 2 rings (SSSR count). The largest absolute Gasteiger partial charge is 0.445 e. The van der Waals surface area contributed by atoms with Crippen LogP contribution in [0.1, 0.15) is 58.6 Å². The van der Waals surface area contributed by atoms with Crippen molar-refractivity contribution in [3.05, 3.63) is 71.8 Å². The van der Waals surface area contributed by atoms with Crippen molar-refractivity contribution in [2.24, 2.45) is 11.7 Å². The first kappa shape index (κ1) is 36.7. The van der Waals surface area contributed by atoms with Gasteiger partial charge < -0.3 is 36.4 Å². The van der Waals surface area contributed by atoms with Gasteiger partial charge in [0.25, 0.3) is 5.91 Å². The van der Waals surface area contributed by atoms with E-state index in [1.54, 1.807) is 54.6 Å². The van der Waals surface area contributed by atoms with E-state index in [9.17, 15) is 29.1 Å². The summed E-state index contributed by atoms with van der Waals surface area (Å²) in [5.74, 6) is -2.64. The topological polar surface area (TPSA) is 180 Å². The second-order valence-electron chi connectivity index (χ2n) is 12.4. The fraction of sp³-hybridized carbons (Fsp3) is 0.485. The number of hydrogen-bond donors (Lipinski definition) is 5. The van der Waals surface area contributed by atoms with Gasteiger partial charge in [-0.3, -0.25) is 19.2 Å². The molecular formula is C33H47N5O7. The van der Waals surface area contributed by atoms with Gasteiger partial charge in [-0.05, 0) is 50.7 Å². The molecule has 12 heteroatoms. The van der Waals surface area contributed by atoms with Gasteiger partial charge in [0.05, 0.1) is 19.0 Å². The molecule has 0 aromatic heterocycles. The van der Waals surface area contributed by atoms with E-state index in [-0.39, 0.29) is 32.0 Å². The lowest BCUT2D eigenvalue weighted by molar-refractivity contribution is -0.145. The van der Waals surface area contributed by atoms with Gasteiger partial charge in [-0.1, -0.05) is 74.5 Å². The second kappa shape index (κ2) is 17.7. The van der Waals surface area contributed by atoms with Crippen LogP contribution in [0.3, 0.4) is 0 Å². The minimum Gasteiger partial charge on any atom is -0.445 e. The van der Waals surface area contributed by atoms with Gasteiger partial charge in [0, 0.05) is 12.1 Å². The van der Waals surface area contributed by atoms with E-state index in [2.05, 4.69) is 16.0 Å². The van der Waals surface area contributed by atoms with E-state index >= 15 is 0 Å². The van der Waals surface area contributed by atoms with Gasteiger partial charge in [0.15, 0.2) is 6.10 Å². The number of nitrogens with two attached hydrogens (primary N) is 1. The molecule has 0 fully saturated rings. The Bertz CT molecular complexity index is 1270. The number of aliphatic hydroxyl groups excluding tert-OH is 1. The molecule has 0 saturated carbocycles. The van der Waals surface area contributed by atoms with Crippen molar-refractivity contribution in [3.8, 4) is 0 Å². The number of benzene rings is 2. The number of primary amides is 1. The predicted molar refractivity (Wildman–Crippen MR) is 169 cm³/mol. The van der Waals surface area contributed by atoms with Gasteiger partial charge in [-0.15, -0.1) is 0 Å². The van der Waals surface area contributed by atoms with Crippen molar-refractivity contribution in [2.75, 3.05) is 13.1 Å². The SMILES string of the molecule is CC(C)CCN(CC(=O)NC(C)(C)C)C(=O)C(O)C(Cc1ccccc1)NC(=O)C(CC(N)=O)NC(=O)OCc1ccccc1. The number of carbonyl (C=O) groups is 5. The molecule has 0 saturated heterocycles. The standard InChI is InChI=1S/C33H47N5O7/c1-22(2)16-17-38(20-28(40)37-33(3,4)5)31(43)29(41)25(18-23-12-8-6-9-13-23)35-30(42)26(19-27(34)39)36-32(44)45-21-24-14-10-7-11-15-24/h6-15,22,25-26,29,41H,16-21H2,1-5H3,(H2,34,39)(H,35,42)(H,36,44)(H,37,40). The third-order valence-electron chi connectivity index (χ3n) is 6.62. The molecule has 0 heterocycles. The van der Waals surface area contributed by atoms with Crippen molar-refractivity contribution in [2.45, 2.75) is 84.2 Å². The molecule has 12 nitrogen and oxygen atoms in total. The van der Waals surface area contributed by atoms with Crippen LogP contribution in [0.5, 0.6) is 0 Å². The van der Waals surface area contributed by atoms with E-state index in [1.807, 2.05) is 40.7 Å². The summed E-state index contributed by atoms with van der Waals surface area (Å²) in [6.45, 7) is 9.25. The Kier molecular flexibility index (Phi) is 14.5. The predicted octanol–water partition coefficient (Wildman–Crippen LogP) is 2.03. The Morgan fingerprint density at radius 3 is 2.02 bits per heavy atom. The highest BCUT2D eigenvalue weighted by Crippen LogP contribution is 2.12. The van der Waals surface area contributed by atoms with E-state index < -0.39 is 59.9 Å². The van der Waals surface area contributed by atoms with Gasteiger partial charge in [0.1, 0.15) is 12.6 Å². The maximum Gasteiger partial charge on any atom is 0.408 e. The van der Waals surface area contributed by atoms with Crippen LogP contribution in [0.2, 0.25) is 0 Å². The van der Waals surface area contributed by atoms with Crippen molar-refractivity contribution >= 4 is 29.7 Å². The van der Waals surface area contributed by atoms with Crippen LogP contribution in [-0.2, 0) is 36.9 Å². The lowest BCUT2D eigenvalue weighted by atomic mass is 9.99. The molecule has 3 unspecified atom stereocenters. The van der Waals surface area contributed by atoms with Crippen LogP contribution in [0, 0.1) is 5.92 Å². The number of ether oxygens (including phenoxy) is 1. The van der Waals surface area contributed by atoms with Crippen LogP contribution in [0.4, 0.5) is 4.79 Å². The van der Waals surface area contributed by atoms with Crippen molar-refractivity contribution in [1.29, 1.82) is 0 Å². The lowest BCUT2D eigenvalue weighted by Gasteiger charge is -2.31. The number of amides is 5. The highest BCUT2D eigenvalue weighted by atomic mass is 16.5. The molecule has 0 aliphatic rings. The molecule has 5 amide bonds. The highest BCUT2D eigenvalue weighted by molar-refractivity contribution is 5.92. The molecule has 3 atom stereocenters. The molecule has 2 aromatic rings. The summed E-state index contributed by atoms with van der Waals surface area (Å²) in [7, 11) is 0. The zero-order valence-electron chi connectivity index (χ0n) is 26.7. The van der Waals surface area contributed by atoms with Crippen LogP contribution in [0.25, 0.3) is 0 Å². The van der Waals surface area contributed by atoms with Crippen molar-refractivity contribution in [1.82, 2.24) is 20.9 Å². The van der Waals surface area contributed by atoms with E-state index in [0.717, 1.165) is 0 Å². The molecule has 246 valence electrons. The zero-order valence-corrected chi connectivity index (χ0v) is 26.7. The number of aliphatic hydroxyl groups is 1. The van der Waals surface area contributed by atoms with Gasteiger partial charge >= 0.3 is 6.09 Å². The number of carbonyl (C=O) groups excluding carboxylic acids is 5. The van der Waals surface area contributed by atoms with E-state index in [4.69, 9.17) is 10.5 Å². The summed E-state index contributed by atoms with van der Waals surface area (Å²) in [5, 5.41) is 19.2. The number of alkyl carbamates (subject to hydrolysis) is 1. The van der Waals surface area contributed by atoms with Gasteiger partial charge in [0.2, 0.25) is 17.7 Å². The molecule has 0 aliphatic heterocycles. The molecule has 0 aliphatic carbocycles. The quantitative estimate of drug-likeness (QED) is 0.189. The molecular weight excluding hydrogens is 578 g/mol. The summed E-state index contributed by atoms with van der Waals surface area (Å²) in [5.41, 5.74) is 6.25. The maximum absolute atomic E-state index is 13.7. The minimum absolute atomic E-state index is 0.0352. The van der Waals surface area contributed by atoms with Crippen LogP contribution in [0.15, 0.2) is 60.7 Å². The van der Waals surface area contributed by atoms with Crippen LogP contribution < -0.4 is 21.7 Å². The molecule has 0 radical (unpaired) electrons. The fourth-order valence-electron chi connectivity index (χ4n) is 4.38. The first-order chi connectivity index (χ1) is 21.1. The Hall–Kier alpha value is -4.45. The molecule has 45 heavy (non-hydrogen) atoms. The average Bonchev–Trinajstić information content (AvgIpc) is 2.96. The normalized spacial score (nSPS) is 13.2. The van der Waals surface area contributed by atoms with Crippen LogP contribution in [-0.4, -0.2) is 76.5 Å². The molecule has 0 spiro atoms.